The molecule has 0 radical (unpaired) electrons. The van der Waals surface area contributed by atoms with E-state index >= 15 is 0 Å². The molecular weight excluding hydrogens is 246 g/mol. The monoisotopic (exact) mass is 265 g/mol. The number of rotatable bonds is 5. The highest BCUT2D eigenvalue weighted by Gasteiger charge is 2.25. The smallest absolute Gasteiger partial charge is 0.254 e. The SMILES string of the molecule is O=C1c2ccccc2CN1CCCCc1ccccc1. The second-order valence-corrected chi connectivity index (χ2v) is 5.33. The number of hydrogen-bond acceptors (Lipinski definition) is 1. The van der Waals surface area contributed by atoms with E-state index in [0.717, 1.165) is 37.9 Å². The first-order valence-corrected chi connectivity index (χ1v) is 7.26. The Morgan fingerprint density at radius 1 is 0.900 bits per heavy atom. The summed E-state index contributed by atoms with van der Waals surface area (Å²) in [7, 11) is 0. The minimum atomic E-state index is 0.195. The van der Waals surface area contributed by atoms with Crippen LogP contribution in [0.2, 0.25) is 0 Å². The van der Waals surface area contributed by atoms with E-state index in [-0.39, 0.29) is 5.91 Å². The molecule has 1 amide bonds. The molecule has 102 valence electrons. The van der Waals surface area contributed by atoms with Crippen molar-refractivity contribution in [3.05, 3.63) is 71.3 Å². The molecule has 2 aromatic carbocycles. The van der Waals surface area contributed by atoms with E-state index in [0.29, 0.717) is 0 Å². The van der Waals surface area contributed by atoms with E-state index < -0.39 is 0 Å². The molecule has 0 saturated heterocycles. The standard InChI is InChI=1S/C18H19NO/c20-18-17-12-5-4-11-16(17)14-19(18)13-7-6-10-15-8-2-1-3-9-15/h1-5,8-9,11-12H,6-7,10,13-14H2. The molecule has 0 aliphatic carbocycles. The van der Waals surface area contributed by atoms with E-state index in [2.05, 4.69) is 30.3 Å². The molecule has 0 unspecified atom stereocenters. The second-order valence-electron chi connectivity index (χ2n) is 5.33. The molecule has 2 aromatic rings. The fourth-order valence-corrected chi connectivity index (χ4v) is 2.77. The van der Waals surface area contributed by atoms with Gasteiger partial charge in [-0.2, -0.15) is 0 Å². The first kappa shape index (κ1) is 12.9. The molecule has 0 saturated carbocycles. The van der Waals surface area contributed by atoms with Crippen LogP contribution >= 0.6 is 0 Å². The van der Waals surface area contributed by atoms with Gasteiger partial charge in [0.15, 0.2) is 0 Å². The van der Waals surface area contributed by atoms with Crippen LogP contribution in [0.1, 0.15) is 34.3 Å². The van der Waals surface area contributed by atoms with E-state index in [1.807, 2.05) is 29.2 Å². The first-order chi connectivity index (χ1) is 9.84. The van der Waals surface area contributed by atoms with Crippen molar-refractivity contribution in [2.75, 3.05) is 6.54 Å². The van der Waals surface area contributed by atoms with E-state index in [4.69, 9.17) is 0 Å². The predicted molar refractivity (Wildman–Crippen MR) is 80.6 cm³/mol. The fraction of sp³-hybridized carbons (Fsp3) is 0.278. The van der Waals surface area contributed by atoms with Gasteiger partial charge in [-0.15, -0.1) is 0 Å². The van der Waals surface area contributed by atoms with Crippen LogP contribution < -0.4 is 0 Å². The Morgan fingerprint density at radius 2 is 1.65 bits per heavy atom. The molecule has 0 fully saturated rings. The van der Waals surface area contributed by atoms with Gasteiger partial charge in [-0.3, -0.25) is 4.79 Å². The van der Waals surface area contributed by atoms with Crippen LogP contribution in [0.3, 0.4) is 0 Å². The summed E-state index contributed by atoms with van der Waals surface area (Å²) in [6.07, 6.45) is 3.29. The average molecular weight is 265 g/mol. The summed E-state index contributed by atoms with van der Waals surface area (Å²) in [4.78, 5) is 14.2. The van der Waals surface area contributed by atoms with Gasteiger partial charge in [0.25, 0.3) is 5.91 Å². The van der Waals surface area contributed by atoms with Crippen LogP contribution in [0.15, 0.2) is 54.6 Å². The van der Waals surface area contributed by atoms with Gasteiger partial charge in [0.2, 0.25) is 0 Å². The third-order valence-electron chi connectivity index (χ3n) is 3.88. The van der Waals surface area contributed by atoms with Crippen molar-refractivity contribution in [3.8, 4) is 0 Å². The van der Waals surface area contributed by atoms with Gasteiger partial charge >= 0.3 is 0 Å². The lowest BCUT2D eigenvalue weighted by atomic mass is 10.1. The van der Waals surface area contributed by atoms with Crippen molar-refractivity contribution in [2.45, 2.75) is 25.8 Å². The Hall–Kier alpha value is -2.09. The Bertz CT molecular complexity index is 591. The summed E-state index contributed by atoms with van der Waals surface area (Å²) in [5, 5.41) is 0. The minimum Gasteiger partial charge on any atom is -0.334 e. The first-order valence-electron chi connectivity index (χ1n) is 7.26. The molecular formula is C18H19NO. The summed E-state index contributed by atoms with van der Waals surface area (Å²) >= 11 is 0. The number of benzene rings is 2. The Morgan fingerprint density at radius 3 is 2.45 bits per heavy atom. The lowest BCUT2D eigenvalue weighted by Crippen LogP contribution is -2.25. The van der Waals surface area contributed by atoms with Gasteiger partial charge in [-0.05, 0) is 36.5 Å². The number of hydrogen-bond donors (Lipinski definition) is 0. The lowest BCUT2D eigenvalue weighted by molar-refractivity contribution is 0.0776. The molecule has 20 heavy (non-hydrogen) atoms. The molecule has 2 heteroatoms. The van der Waals surface area contributed by atoms with Crippen molar-refractivity contribution >= 4 is 5.91 Å². The largest absolute Gasteiger partial charge is 0.334 e. The maximum Gasteiger partial charge on any atom is 0.254 e. The van der Waals surface area contributed by atoms with Crippen LogP contribution in [0.5, 0.6) is 0 Å². The van der Waals surface area contributed by atoms with Crippen LogP contribution in [0.4, 0.5) is 0 Å². The van der Waals surface area contributed by atoms with Crippen molar-refractivity contribution in [1.29, 1.82) is 0 Å². The van der Waals surface area contributed by atoms with E-state index in [1.54, 1.807) is 0 Å². The molecule has 1 heterocycles. The molecule has 1 aliphatic heterocycles. The van der Waals surface area contributed by atoms with Crippen molar-refractivity contribution in [3.63, 3.8) is 0 Å². The fourth-order valence-electron chi connectivity index (χ4n) is 2.77. The van der Waals surface area contributed by atoms with Gasteiger partial charge in [0.1, 0.15) is 0 Å². The number of carbonyl (C=O) groups is 1. The quantitative estimate of drug-likeness (QED) is 0.755. The molecule has 2 nitrogen and oxygen atoms in total. The van der Waals surface area contributed by atoms with Crippen molar-refractivity contribution < 1.29 is 4.79 Å². The number of amides is 1. The molecule has 0 spiro atoms. The number of carbonyl (C=O) groups excluding carboxylic acids is 1. The zero-order valence-electron chi connectivity index (χ0n) is 11.6. The highest BCUT2D eigenvalue weighted by molar-refractivity contribution is 5.98. The van der Waals surface area contributed by atoms with E-state index in [1.165, 1.54) is 11.1 Å². The van der Waals surface area contributed by atoms with Crippen LogP contribution in [-0.2, 0) is 13.0 Å². The Kier molecular flexibility index (Phi) is 3.82. The van der Waals surface area contributed by atoms with E-state index in [9.17, 15) is 4.79 Å². The zero-order valence-corrected chi connectivity index (χ0v) is 11.6. The van der Waals surface area contributed by atoms with Crippen molar-refractivity contribution in [1.82, 2.24) is 4.90 Å². The van der Waals surface area contributed by atoms with Gasteiger partial charge in [-0.25, -0.2) is 0 Å². The second kappa shape index (κ2) is 5.91. The number of fused-ring (bicyclic) bond motifs is 1. The predicted octanol–water partition coefficient (Wildman–Crippen LogP) is 3.67. The van der Waals surface area contributed by atoms with Crippen molar-refractivity contribution in [2.24, 2.45) is 0 Å². The summed E-state index contributed by atoms with van der Waals surface area (Å²) in [5.41, 5.74) is 3.43. The van der Waals surface area contributed by atoms with Gasteiger partial charge in [0.05, 0.1) is 0 Å². The van der Waals surface area contributed by atoms with Gasteiger partial charge < -0.3 is 4.90 Å². The third-order valence-corrected chi connectivity index (χ3v) is 3.88. The highest BCUT2D eigenvalue weighted by atomic mass is 16.2. The minimum absolute atomic E-state index is 0.195. The molecule has 0 N–H and O–H groups in total. The molecule has 0 bridgehead atoms. The summed E-state index contributed by atoms with van der Waals surface area (Å²) in [6, 6.07) is 18.5. The average Bonchev–Trinajstić information content (AvgIpc) is 2.82. The Labute approximate surface area is 120 Å². The Balaban J connectivity index is 1.48. The van der Waals surface area contributed by atoms with Crippen LogP contribution in [0, 0.1) is 0 Å². The lowest BCUT2D eigenvalue weighted by Gasteiger charge is -2.15. The zero-order chi connectivity index (χ0) is 13.8. The maximum atomic E-state index is 12.2. The molecule has 0 atom stereocenters. The van der Waals surface area contributed by atoms with Gasteiger partial charge in [0, 0.05) is 18.7 Å². The van der Waals surface area contributed by atoms with Crippen LogP contribution in [-0.4, -0.2) is 17.4 Å². The summed E-state index contributed by atoms with van der Waals surface area (Å²) < 4.78 is 0. The molecule has 3 rings (SSSR count). The van der Waals surface area contributed by atoms with Gasteiger partial charge in [-0.1, -0.05) is 48.5 Å². The molecule has 1 aliphatic rings. The third kappa shape index (κ3) is 2.74. The number of nitrogens with zero attached hydrogens (tertiary/aromatic N) is 1. The number of aryl methyl sites for hydroxylation is 1. The van der Waals surface area contributed by atoms with Crippen LogP contribution in [0.25, 0.3) is 0 Å². The molecule has 0 aromatic heterocycles. The topological polar surface area (TPSA) is 20.3 Å². The number of unbranched alkanes of at least 4 members (excludes halogenated alkanes) is 1. The highest BCUT2D eigenvalue weighted by Crippen LogP contribution is 2.22. The summed E-state index contributed by atoms with van der Waals surface area (Å²) in [5.74, 6) is 0.195. The maximum absolute atomic E-state index is 12.2. The summed E-state index contributed by atoms with van der Waals surface area (Å²) in [6.45, 7) is 1.64. The normalized spacial score (nSPS) is 13.6.